The van der Waals surface area contributed by atoms with Crippen molar-refractivity contribution in [2.24, 2.45) is 0 Å². The smallest absolute Gasteiger partial charge is 0.335 e. The number of aromatic carboxylic acids is 1. The zero-order valence-electron chi connectivity index (χ0n) is 16.3. The molecule has 0 unspecified atom stereocenters. The number of hydrogen-bond acceptors (Lipinski definition) is 7. The number of imide groups is 1. The Morgan fingerprint density at radius 1 is 1.12 bits per heavy atom. The van der Waals surface area contributed by atoms with Crippen molar-refractivity contribution >= 4 is 40.6 Å². The first-order valence-corrected chi connectivity index (χ1v) is 10.1. The molecule has 1 N–H and O–H groups in total. The van der Waals surface area contributed by atoms with Gasteiger partial charge in [-0.15, -0.1) is 0 Å². The van der Waals surface area contributed by atoms with Crippen LogP contribution >= 0.6 is 11.8 Å². The molecule has 9 nitrogen and oxygen atoms in total. The second-order valence-electron chi connectivity index (χ2n) is 6.74. The standard InChI is InChI=1S/C22H14N2O7S/c25-20-19(32-22(28)23(20)12-15-4-1-2-7-17(15)24(29)30)11-16-8-9-18(31-16)13-5-3-6-14(10-13)21(26)27/h1-11H,12H2,(H,26,27)/b19-11-. The monoisotopic (exact) mass is 450 g/mol. The molecule has 1 aliphatic heterocycles. The number of carboxylic acid groups (broad SMARTS) is 1. The minimum atomic E-state index is -1.06. The van der Waals surface area contributed by atoms with Gasteiger partial charge in [-0.3, -0.25) is 24.6 Å². The van der Waals surface area contributed by atoms with E-state index in [4.69, 9.17) is 9.52 Å². The highest BCUT2D eigenvalue weighted by atomic mass is 32.2. The molecule has 0 radical (unpaired) electrons. The van der Waals surface area contributed by atoms with Crippen molar-refractivity contribution in [2.45, 2.75) is 6.54 Å². The molecule has 2 amide bonds. The summed E-state index contributed by atoms with van der Waals surface area (Å²) in [6.45, 7) is -0.218. The predicted molar refractivity (Wildman–Crippen MR) is 116 cm³/mol. The van der Waals surface area contributed by atoms with Gasteiger partial charge in [0.2, 0.25) is 0 Å². The van der Waals surface area contributed by atoms with E-state index < -0.39 is 22.0 Å². The maximum atomic E-state index is 12.7. The van der Waals surface area contributed by atoms with Crippen LogP contribution in [0.15, 0.2) is 70.0 Å². The van der Waals surface area contributed by atoms with E-state index in [1.807, 2.05) is 0 Å². The summed E-state index contributed by atoms with van der Waals surface area (Å²) in [4.78, 5) is 48.0. The van der Waals surface area contributed by atoms with Crippen molar-refractivity contribution in [3.8, 4) is 11.3 Å². The van der Waals surface area contributed by atoms with E-state index in [1.54, 1.807) is 30.3 Å². The summed E-state index contributed by atoms with van der Waals surface area (Å²) < 4.78 is 5.70. The van der Waals surface area contributed by atoms with E-state index in [-0.39, 0.29) is 28.3 Å². The van der Waals surface area contributed by atoms with Gasteiger partial charge in [0.05, 0.1) is 21.9 Å². The van der Waals surface area contributed by atoms with Crippen LogP contribution in [0, 0.1) is 10.1 Å². The van der Waals surface area contributed by atoms with Gasteiger partial charge in [0.1, 0.15) is 11.5 Å². The first kappa shape index (κ1) is 21.1. The number of furan rings is 1. The molecule has 2 aromatic carbocycles. The fourth-order valence-corrected chi connectivity index (χ4v) is 3.97. The van der Waals surface area contributed by atoms with Crippen LogP contribution in [0.25, 0.3) is 17.4 Å². The van der Waals surface area contributed by atoms with Crippen LogP contribution in [0.3, 0.4) is 0 Å². The highest BCUT2D eigenvalue weighted by Crippen LogP contribution is 2.35. The second-order valence-corrected chi connectivity index (χ2v) is 7.73. The molecule has 10 heteroatoms. The molecular weight excluding hydrogens is 436 g/mol. The fourth-order valence-electron chi connectivity index (χ4n) is 3.15. The number of para-hydroxylation sites is 1. The predicted octanol–water partition coefficient (Wildman–Crippen LogP) is 4.79. The molecule has 0 saturated carbocycles. The molecule has 160 valence electrons. The SMILES string of the molecule is O=C(O)c1cccc(-c2ccc(/C=C3\SC(=O)N(Cc4ccccc4[N+](=O)[O-])C3=O)o2)c1. The van der Waals surface area contributed by atoms with Crippen LogP contribution in [0.1, 0.15) is 21.7 Å². The van der Waals surface area contributed by atoms with Gasteiger partial charge in [-0.25, -0.2) is 4.79 Å². The number of nitro groups is 1. The number of thioether (sulfide) groups is 1. The molecular formula is C22H14N2O7S. The molecule has 0 atom stereocenters. The van der Waals surface area contributed by atoms with Crippen LogP contribution < -0.4 is 0 Å². The van der Waals surface area contributed by atoms with Gasteiger partial charge < -0.3 is 9.52 Å². The van der Waals surface area contributed by atoms with Crippen molar-refractivity contribution in [2.75, 3.05) is 0 Å². The average molecular weight is 450 g/mol. The summed E-state index contributed by atoms with van der Waals surface area (Å²) in [6.07, 6.45) is 1.41. The molecule has 1 saturated heterocycles. The van der Waals surface area contributed by atoms with E-state index >= 15 is 0 Å². The van der Waals surface area contributed by atoms with E-state index in [0.717, 1.165) is 4.90 Å². The van der Waals surface area contributed by atoms with Gasteiger partial charge >= 0.3 is 5.97 Å². The number of carbonyl (C=O) groups excluding carboxylic acids is 2. The van der Waals surface area contributed by atoms with Crippen molar-refractivity contribution in [3.05, 3.63) is 92.6 Å². The van der Waals surface area contributed by atoms with Crippen LogP contribution in [-0.4, -0.2) is 32.0 Å². The third-order valence-electron chi connectivity index (χ3n) is 4.68. The average Bonchev–Trinajstić information content (AvgIpc) is 3.34. The van der Waals surface area contributed by atoms with E-state index in [1.165, 1.54) is 36.4 Å². The molecule has 0 bridgehead atoms. The molecule has 32 heavy (non-hydrogen) atoms. The Hall–Kier alpha value is -4.18. The van der Waals surface area contributed by atoms with Gasteiger partial charge in [0, 0.05) is 23.3 Å². The first-order valence-electron chi connectivity index (χ1n) is 9.24. The van der Waals surface area contributed by atoms with Crippen LogP contribution in [0.5, 0.6) is 0 Å². The van der Waals surface area contributed by atoms with Crippen LogP contribution in [-0.2, 0) is 11.3 Å². The van der Waals surface area contributed by atoms with Crippen LogP contribution in [0.4, 0.5) is 10.5 Å². The third kappa shape index (κ3) is 4.16. The first-order chi connectivity index (χ1) is 15.3. The Balaban J connectivity index is 1.56. The number of amides is 2. The fraction of sp³-hybridized carbons (Fsp3) is 0.0455. The van der Waals surface area contributed by atoms with Crippen LogP contribution in [0.2, 0.25) is 0 Å². The lowest BCUT2D eigenvalue weighted by molar-refractivity contribution is -0.385. The number of nitrogens with zero attached hydrogens (tertiary/aromatic N) is 2. The molecule has 4 rings (SSSR count). The molecule has 1 aliphatic rings. The highest BCUT2D eigenvalue weighted by Gasteiger charge is 2.36. The van der Waals surface area contributed by atoms with Crippen molar-refractivity contribution in [1.29, 1.82) is 0 Å². The van der Waals surface area contributed by atoms with Gasteiger partial charge in [0.25, 0.3) is 16.8 Å². The van der Waals surface area contributed by atoms with Gasteiger partial charge in [-0.2, -0.15) is 0 Å². The number of carboxylic acids is 1. The zero-order valence-corrected chi connectivity index (χ0v) is 17.1. The maximum absolute atomic E-state index is 12.7. The number of rotatable bonds is 6. The lowest BCUT2D eigenvalue weighted by Crippen LogP contribution is -2.27. The molecule has 1 aromatic heterocycles. The van der Waals surface area contributed by atoms with Gasteiger partial charge in [-0.1, -0.05) is 30.3 Å². The lowest BCUT2D eigenvalue weighted by Gasteiger charge is -2.12. The Kier molecular flexibility index (Phi) is 5.61. The number of nitro benzene ring substituents is 1. The van der Waals surface area contributed by atoms with Crippen molar-refractivity contribution in [3.63, 3.8) is 0 Å². The lowest BCUT2D eigenvalue weighted by atomic mass is 10.1. The molecule has 2 heterocycles. The Morgan fingerprint density at radius 2 is 1.91 bits per heavy atom. The third-order valence-corrected chi connectivity index (χ3v) is 5.59. The number of hydrogen-bond donors (Lipinski definition) is 1. The molecule has 0 aliphatic carbocycles. The summed E-state index contributed by atoms with van der Waals surface area (Å²) in [6, 6.07) is 15.3. The summed E-state index contributed by atoms with van der Waals surface area (Å²) in [5, 5.41) is 19.8. The Morgan fingerprint density at radius 3 is 2.66 bits per heavy atom. The number of carbonyl (C=O) groups is 3. The second kappa shape index (κ2) is 8.52. The summed E-state index contributed by atoms with van der Waals surface area (Å²) in [5.41, 5.74) is 0.736. The topological polar surface area (TPSA) is 131 Å². The van der Waals surface area contributed by atoms with Gasteiger partial charge in [-0.05, 0) is 36.0 Å². The van der Waals surface area contributed by atoms with E-state index in [2.05, 4.69) is 0 Å². The largest absolute Gasteiger partial charge is 0.478 e. The molecule has 0 spiro atoms. The summed E-state index contributed by atoms with van der Waals surface area (Å²) in [7, 11) is 0. The van der Waals surface area contributed by atoms with Gasteiger partial charge in [0.15, 0.2) is 0 Å². The minimum Gasteiger partial charge on any atom is -0.478 e. The minimum absolute atomic E-state index is 0.108. The normalized spacial score (nSPS) is 14.9. The quantitative estimate of drug-likeness (QED) is 0.322. The van der Waals surface area contributed by atoms with Crippen molar-refractivity contribution < 1.29 is 28.8 Å². The Labute approximate surface area is 185 Å². The zero-order chi connectivity index (χ0) is 22.8. The molecule has 1 fully saturated rings. The van der Waals surface area contributed by atoms with E-state index in [0.29, 0.717) is 28.8 Å². The Bertz CT molecular complexity index is 1290. The summed E-state index contributed by atoms with van der Waals surface area (Å²) in [5.74, 6) is -0.939. The highest BCUT2D eigenvalue weighted by molar-refractivity contribution is 8.18. The maximum Gasteiger partial charge on any atom is 0.335 e. The van der Waals surface area contributed by atoms with Crippen molar-refractivity contribution in [1.82, 2.24) is 4.90 Å². The molecule has 3 aromatic rings. The van der Waals surface area contributed by atoms with E-state index in [9.17, 15) is 24.5 Å². The number of benzene rings is 2. The summed E-state index contributed by atoms with van der Waals surface area (Å²) >= 11 is 0.713.